The van der Waals surface area contributed by atoms with Gasteiger partial charge in [0.25, 0.3) is 0 Å². The minimum Gasteiger partial charge on any atom is -0.323 e. The van der Waals surface area contributed by atoms with Gasteiger partial charge in [-0.2, -0.15) is 0 Å². The summed E-state index contributed by atoms with van der Waals surface area (Å²) in [5.41, 5.74) is 10.8. The van der Waals surface area contributed by atoms with Crippen LogP contribution in [0.1, 0.15) is 56.6 Å². The van der Waals surface area contributed by atoms with Gasteiger partial charge >= 0.3 is 0 Å². The fraction of sp³-hybridized carbons (Fsp3) is 0.706. The number of piperidine rings is 1. The summed E-state index contributed by atoms with van der Waals surface area (Å²) in [6.45, 7) is 11.3. The smallest absolute Gasteiger partial charge is 0.0460 e. The lowest BCUT2D eigenvalue weighted by molar-refractivity contribution is 0.0343. The zero-order chi connectivity index (χ0) is 14.5. The predicted octanol–water partition coefficient (Wildman–Crippen LogP) is 2.83. The van der Waals surface area contributed by atoms with E-state index in [1.807, 2.05) is 0 Å². The fourth-order valence-corrected chi connectivity index (χ4v) is 3.93. The van der Waals surface area contributed by atoms with Gasteiger partial charge in [0.2, 0.25) is 0 Å². The van der Waals surface area contributed by atoms with E-state index in [1.54, 1.807) is 0 Å². The van der Waals surface area contributed by atoms with Crippen LogP contribution in [-0.2, 0) is 6.42 Å². The van der Waals surface area contributed by atoms with Crippen molar-refractivity contribution in [2.24, 2.45) is 11.1 Å². The van der Waals surface area contributed by atoms with Gasteiger partial charge in [0, 0.05) is 23.0 Å². The number of hydrogen-bond donors (Lipinski definition) is 1. The molecule has 2 aliphatic rings. The normalized spacial score (nSPS) is 25.9. The molecule has 0 bridgehead atoms. The van der Waals surface area contributed by atoms with Crippen molar-refractivity contribution < 1.29 is 0 Å². The Bertz CT molecular complexity index is 507. The Balaban J connectivity index is 1.81. The summed E-state index contributed by atoms with van der Waals surface area (Å²) in [7, 11) is 0. The molecule has 2 N–H and O–H groups in total. The Hall–Kier alpha value is -0.930. The first-order chi connectivity index (χ1) is 9.32. The number of pyridine rings is 1. The molecule has 0 saturated carbocycles. The molecule has 1 atom stereocenters. The van der Waals surface area contributed by atoms with E-state index in [9.17, 15) is 0 Å². The number of nitrogens with zero attached hydrogens (tertiary/aromatic N) is 2. The summed E-state index contributed by atoms with van der Waals surface area (Å²) in [5, 5.41) is 0. The average molecular weight is 273 g/mol. The maximum atomic E-state index is 6.60. The van der Waals surface area contributed by atoms with Crippen LogP contribution in [0.4, 0.5) is 0 Å². The van der Waals surface area contributed by atoms with Gasteiger partial charge in [-0.3, -0.25) is 9.88 Å². The van der Waals surface area contributed by atoms with E-state index in [0.29, 0.717) is 0 Å². The summed E-state index contributed by atoms with van der Waals surface area (Å²) in [5.74, 6) is 0. The highest BCUT2D eigenvalue weighted by Crippen LogP contribution is 2.50. The molecule has 1 spiro atoms. The summed E-state index contributed by atoms with van der Waals surface area (Å²) in [6.07, 6.45) is 3.46. The maximum absolute atomic E-state index is 6.60. The molecule has 0 amide bonds. The second-order valence-corrected chi connectivity index (χ2v) is 7.66. The molecule has 3 rings (SSSR count). The predicted molar refractivity (Wildman–Crippen MR) is 82.6 cm³/mol. The summed E-state index contributed by atoms with van der Waals surface area (Å²) < 4.78 is 0. The lowest BCUT2D eigenvalue weighted by atomic mass is 9.72. The highest BCUT2D eigenvalue weighted by molar-refractivity contribution is 5.34. The van der Waals surface area contributed by atoms with Crippen LogP contribution in [0.5, 0.6) is 0 Å². The number of aryl methyl sites for hydroxylation is 1. The van der Waals surface area contributed by atoms with Gasteiger partial charge in [0.1, 0.15) is 0 Å². The molecule has 0 aromatic carbocycles. The van der Waals surface area contributed by atoms with Gasteiger partial charge in [-0.25, -0.2) is 0 Å². The van der Waals surface area contributed by atoms with E-state index >= 15 is 0 Å². The third-order valence-electron chi connectivity index (χ3n) is 5.37. The van der Waals surface area contributed by atoms with Gasteiger partial charge in [-0.15, -0.1) is 0 Å². The third kappa shape index (κ3) is 2.17. The van der Waals surface area contributed by atoms with E-state index in [0.717, 1.165) is 25.2 Å². The van der Waals surface area contributed by atoms with Crippen molar-refractivity contribution in [1.82, 2.24) is 9.88 Å². The molecule has 110 valence electrons. The van der Waals surface area contributed by atoms with E-state index in [1.165, 1.54) is 24.1 Å². The monoisotopic (exact) mass is 273 g/mol. The highest BCUT2D eigenvalue weighted by Gasteiger charge is 2.47. The fourth-order valence-electron chi connectivity index (χ4n) is 3.93. The van der Waals surface area contributed by atoms with Crippen molar-refractivity contribution in [1.29, 1.82) is 0 Å². The number of fused-ring (bicyclic) bond motifs is 1. The first-order valence-electron chi connectivity index (χ1n) is 7.79. The number of hydrogen-bond acceptors (Lipinski definition) is 3. The lowest BCUT2D eigenvalue weighted by Crippen LogP contribution is -2.51. The number of aromatic nitrogens is 1. The van der Waals surface area contributed by atoms with Crippen molar-refractivity contribution in [2.75, 3.05) is 13.1 Å². The number of nitrogens with two attached hydrogens (primary N) is 1. The van der Waals surface area contributed by atoms with Crippen LogP contribution in [0.15, 0.2) is 12.1 Å². The van der Waals surface area contributed by atoms with E-state index < -0.39 is 0 Å². The summed E-state index contributed by atoms with van der Waals surface area (Å²) in [4.78, 5) is 7.32. The largest absolute Gasteiger partial charge is 0.323 e. The van der Waals surface area contributed by atoms with Gasteiger partial charge in [-0.1, -0.05) is 6.07 Å². The van der Waals surface area contributed by atoms with E-state index in [2.05, 4.69) is 44.7 Å². The van der Waals surface area contributed by atoms with E-state index in [-0.39, 0.29) is 17.0 Å². The van der Waals surface area contributed by atoms with Gasteiger partial charge in [0.05, 0.1) is 0 Å². The SMILES string of the molecule is Cc1ccc2c(n1)CC1(CCN(C(C)(C)C)CC1)[C@H]2N. The van der Waals surface area contributed by atoms with Crippen LogP contribution < -0.4 is 5.73 Å². The Kier molecular flexibility index (Phi) is 3.18. The third-order valence-corrected chi connectivity index (χ3v) is 5.37. The molecule has 1 aliphatic heterocycles. The van der Waals surface area contributed by atoms with Crippen LogP contribution in [-0.4, -0.2) is 28.5 Å². The van der Waals surface area contributed by atoms with Crippen LogP contribution in [0.2, 0.25) is 0 Å². The van der Waals surface area contributed by atoms with Crippen LogP contribution in [0.3, 0.4) is 0 Å². The lowest BCUT2D eigenvalue weighted by Gasteiger charge is -2.46. The molecule has 2 heterocycles. The standard InChI is InChI=1S/C17H27N3/c1-12-5-6-13-14(19-12)11-17(15(13)18)7-9-20(10-8-17)16(2,3)4/h5-6,15H,7-11,18H2,1-4H3/t15-/m0/s1. The number of rotatable bonds is 0. The maximum Gasteiger partial charge on any atom is 0.0460 e. The zero-order valence-electron chi connectivity index (χ0n) is 13.2. The zero-order valence-corrected chi connectivity index (χ0v) is 13.2. The molecule has 1 fully saturated rings. The summed E-state index contributed by atoms with van der Waals surface area (Å²) in [6, 6.07) is 4.47. The molecule has 1 aliphatic carbocycles. The van der Waals surface area contributed by atoms with Crippen molar-refractivity contribution in [2.45, 2.75) is 58.5 Å². The average Bonchev–Trinajstić information content (AvgIpc) is 2.61. The second-order valence-electron chi connectivity index (χ2n) is 7.66. The van der Waals surface area contributed by atoms with Crippen LogP contribution in [0, 0.1) is 12.3 Å². The quantitative estimate of drug-likeness (QED) is 0.790. The number of likely N-dealkylation sites (tertiary alicyclic amines) is 1. The van der Waals surface area contributed by atoms with Crippen LogP contribution in [0.25, 0.3) is 0 Å². The van der Waals surface area contributed by atoms with Crippen molar-refractivity contribution in [3.05, 3.63) is 29.1 Å². The summed E-state index contributed by atoms with van der Waals surface area (Å²) >= 11 is 0. The van der Waals surface area contributed by atoms with Gasteiger partial charge in [-0.05, 0) is 77.1 Å². The second kappa shape index (κ2) is 4.54. The Morgan fingerprint density at radius 3 is 2.50 bits per heavy atom. The first kappa shape index (κ1) is 14.0. The molecule has 0 radical (unpaired) electrons. The molecule has 1 aromatic heterocycles. The molecule has 0 unspecified atom stereocenters. The Morgan fingerprint density at radius 2 is 1.90 bits per heavy atom. The Labute approximate surface area is 122 Å². The Morgan fingerprint density at radius 1 is 1.25 bits per heavy atom. The molecule has 1 saturated heterocycles. The van der Waals surface area contributed by atoms with E-state index in [4.69, 9.17) is 10.7 Å². The topological polar surface area (TPSA) is 42.2 Å². The van der Waals surface area contributed by atoms with Gasteiger partial charge in [0.15, 0.2) is 0 Å². The molecular weight excluding hydrogens is 246 g/mol. The molecular formula is C17H27N3. The minimum absolute atomic E-state index is 0.174. The first-order valence-corrected chi connectivity index (χ1v) is 7.79. The molecule has 20 heavy (non-hydrogen) atoms. The minimum atomic E-state index is 0.174. The molecule has 3 heteroatoms. The molecule has 3 nitrogen and oxygen atoms in total. The van der Waals surface area contributed by atoms with Crippen molar-refractivity contribution >= 4 is 0 Å². The highest BCUT2D eigenvalue weighted by atomic mass is 15.2. The molecule has 1 aromatic rings. The van der Waals surface area contributed by atoms with Crippen molar-refractivity contribution in [3.8, 4) is 0 Å². The van der Waals surface area contributed by atoms with Crippen molar-refractivity contribution in [3.63, 3.8) is 0 Å². The van der Waals surface area contributed by atoms with Crippen LogP contribution >= 0.6 is 0 Å². The van der Waals surface area contributed by atoms with Gasteiger partial charge < -0.3 is 5.73 Å².